The van der Waals surface area contributed by atoms with Gasteiger partial charge in [0.2, 0.25) is 0 Å². The van der Waals surface area contributed by atoms with Gasteiger partial charge in [0.25, 0.3) is 0 Å². The normalized spacial score (nSPS) is 13.2. The third kappa shape index (κ3) is 6.00. The average molecular weight is 396 g/mol. The molecule has 28 heavy (non-hydrogen) atoms. The van der Waals surface area contributed by atoms with Crippen LogP contribution in [-0.4, -0.2) is 21.9 Å². The van der Waals surface area contributed by atoms with Crippen LogP contribution in [0.3, 0.4) is 0 Å². The molecule has 0 aliphatic carbocycles. The molecule has 0 saturated carbocycles. The first-order valence-electron chi connectivity index (χ1n) is 9.28. The monoisotopic (exact) mass is 396 g/mol. The Morgan fingerprint density at radius 3 is 2.36 bits per heavy atom. The maximum atomic E-state index is 13.2. The lowest BCUT2D eigenvalue weighted by molar-refractivity contribution is -0.141. The van der Waals surface area contributed by atoms with Gasteiger partial charge in [0, 0.05) is 16.8 Å². The second-order valence-electron chi connectivity index (χ2n) is 7.79. The molecule has 2 aromatic rings. The molecule has 1 atom stereocenters. The molecule has 0 saturated heterocycles. The number of anilines is 1. The number of carbonyl (C=O) groups excluding carboxylic acids is 1. The first kappa shape index (κ1) is 21.8. The van der Waals surface area contributed by atoms with E-state index in [1.54, 1.807) is 24.3 Å². The minimum Gasteiger partial charge on any atom is -0.333 e. The first-order chi connectivity index (χ1) is 13.0. The molecule has 1 unspecified atom stereocenters. The molecule has 1 aromatic carbocycles. The third-order valence-corrected chi connectivity index (χ3v) is 4.24. The fourth-order valence-corrected chi connectivity index (χ4v) is 2.94. The van der Waals surface area contributed by atoms with E-state index in [2.05, 4.69) is 15.7 Å². The van der Waals surface area contributed by atoms with Crippen molar-refractivity contribution in [2.45, 2.75) is 64.7 Å². The van der Waals surface area contributed by atoms with Crippen molar-refractivity contribution in [1.29, 1.82) is 0 Å². The highest BCUT2D eigenvalue weighted by molar-refractivity contribution is 5.89. The molecule has 2 N–H and O–H groups in total. The smallest absolute Gasteiger partial charge is 0.333 e. The molecule has 2 rings (SSSR count). The molecule has 0 bridgehead atoms. The van der Waals surface area contributed by atoms with Crippen molar-refractivity contribution in [3.8, 4) is 0 Å². The van der Waals surface area contributed by atoms with E-state index in [9.17, 15) is 18.0 Å². The summed E-state index contributed by atoms with van der Waals surface area (Å²) < 4.78 is 40.8. The Hall–Kier alpha value is -2.51. The molecule has 0 aliphatic rings. The zero-order valence-corrected chi connectivity index (χ0v) is 16.6. The molecule has 0 spiro atoms. The average Bonchev–Trinajstić information content (AvgIpc) is 3.00. The number of benzene rings is 1. The summed E-state index contributed by atoms with van der Waals surface area (Å²) in [5, 5.41) is 9.36. The molecule has 0 radical (unpaired) electrons. The van der Waals surface area contributed by atoms with Gasteiger partial charge in [-0.2, -0.15) is 18.3 Å². The predicted octanol–water partition coefficient (Wildman–Crippen LogP) is 5.19. The van der Waals surface area contributed by atoms with Gasteiger partial charge in [-0.05, 0) is 24.6 Å². The Bertz CT molecular complexity index is 779. The summed E-state index contributed by atoms with van der Waals surface area (Å²) in [6.07, 6.45) is -3.12. The number of para-hydroxylation sites is 1. The van der Waals surface area contributed by atoms with Crippen molar-refractivity contribution < 1.29 is 18.0 Å². The molecular formula is C20H27F3N4O. The van der Waals surface area contributed by atoms with Crippen molar-refractivity contribution in [3.05, 3.63) is 47.8 Å². The standard InChI is InChI=1S/C20H27F3N4O/c1-5-9-15(25-18(28)24-14-10-7-6-8-11-14)13-27-17(19(2,3)4)12-16(26-27)20(21,22)23/h6-8,10-12,15H,5,9,13H2,1-4H3,(H2,24,25,28). The Morgan fingerprint density at radius 1 is 1.18 bits per heavy atom. The molecule has 2 amide bonds. The number of carbonyl (C=O) groups is 1. The number of aromatic nitrogens is 2. The zero-order chi connectivity index (χ0) is 20.9. The van der Waals surface area contributed by atoms with Gasteiger partial charge in [-0.3, -0.25) is 4.68 Å². The minimum absolute atomic E-state index is 0.165. The highest BCUT2D eigenvalue weighted by atomic mass is 19.4. The van der Waals surface area contributed by atoms with Gasteiger partial charge in [0.15, 0.2) is 5.69 Å². The van der Waals surface area contributed by atoms with Crippen LogP contribution in [0.5, 0.6) is 0 Å². The van der Waals surface area contributed by atoms with Crippen molar-refractivity contribution in [2.24, 2.45) is 0 Å². The maximum Gasteiger partial charge on any atom is 0.435 e. The third-order valence-electron chi connectivity index (χ3n) is 4.24. The van der Waals surface area contributed by atoms with Gasteiger partial charge in [-0.15, -0.1) is 0 Å². The number of urea groups is 1. The van der Waals surface area contributed by atoms with Gasteiger partial charge in [-0.25, -0.2) is 4.79 Å². The Labute approximate surface area is 163 Å². The number of halogens is 3. The second kappa shape index (κ2) is 8.67. The van der Waals surface area contributed by atoms with Gasteiger partial charge in [-0.1, -0.05) is 52.3 Å². The van der Waals surface area contributed by atoms with Crippen molar-refractivity contribution in [3.63, 3.8) is 0 Å². The van der Waals surface area contributed by atoms with Gasteiger partial charge >= 0.3 is 12.2 Å². The molecule has 0 aliphatic heterocycles. The van der Waals surface area contributed by atoms with E-state index in [1.807, 2.05) is 33.8 Å². The molecule has 5 nitrogen and oxygen atoms in total. The molecule has 1 heterocycles. The number of hydrogen-bond donors (Lipinski definition) is 2. The number of alkyl halides is 3. The van der Waals surface area contributed by atoms with Crippen LogP contribution in [0.1, 0.15) is 51.9 Å². The number of amides is 2. The molecule has 1 aromatic heterocycles. The molecule has 154 valence electrons. The van der Waals surface area contributed by atoms with Gasteiger partial charge < -0.3 is 10.6 Å². The van der Waals surface area contributed by atoms with E-state index >= 15 is 0 Å². The highest BCUT2D eigenvalue weighted by Crippen LogP contribution is 2.32. The van der Waals surface area contributed by atoms with Crippen LogP contribution in [0.4, 0.5) is 23.7 Å². The Morgan fingerprint density at radius 2 is 1.82 bits per heavy atom. The van der Waals surface area contributed by atoms with Crippen molar-refractivity contribution in [1.82, 2.24) is 15.1 Å². The summed E-state index contributed by atoms with van der Waals surface area (Å²) in [5.74, 6) is 0. The summed E-state index contributed by atoms with van der Waals surface area (Å²) >= 11 is 0. The largest absolute Gasteiger partial charge is 0.435 e. The summed E-state index contributed by atoms with van der Waals surface area (Å²) in [6, 6.07) is 9.31. The summed E-state index contributed by atoms with van der Waals surface area (Å²) in [6.45, 7) is 7.64. The van der Waals surface area contributed by atoms with Crippen LogP contribution >= 0.6 is 0 Å². The fourth-order valence-electron chi connectivity index (χ4n) is 2.94. The lowest BCUT2D eigenvalue weighted by Crippen LogP contribution is -2.41. The first-order valence-corrected chi connectivity index (χ1v) is 9.28. The second-order valence-corrected chi connectivity index (χ2v) is 7.79. The summed E-state index contributed by atoms with van der Waals surface area (Å²) in [7, 11) is 0. The quantitative estimate of drug-likeness (QED) is 0.706. The van der Waals surface area contributed by atoms with Crippen LogP contribution in [0.2, 0.25) is 0 Å². The Kier molecular flexibility index (Phi) is 6.74. The van der Waals surface area contributed by atoms with Crippen LogP contribution in [0, 0.1) is 0 Å². The van der Waals surface area contributed by atoms with E-state index in [4.69, 9.17) is 0 Å². The number of nitrogens with one attached hydrogen (secondary N) is 2. The van der Waals surface area contributed by atoms with E-state index in [0.717, 1.165) is 12.5 Å². The van der Waals surface area contributed by atoms with E-state index in [0.29, 0.717) is 17.8 Å². The number of rotatable bonds is 6. The van der Waals surface area contributed by atoms with Crippen LogP contribution < -0.4 is 10.6 Å². The molecular weight excluding hydrogens is 369 g/mol. The van der Waals surface area contributed by atoms with E-state index < -0.39 is 23.3 Å². The SMILES string of the molecule is CCCC(Cn1nc(C(F)(F)F)cc1C(C)(C)C)NC(=O)Nc1ccccc1. The van der Waals surface area contributed by atoms with Crippen LogP contribution in [-0.2, 0) is 18.1 Å². The fraction of sp³-hybridized carbons (Fsp3) is 0.500. The maximum absolute atomic E-state index is 13.2. The minimum atomic E-state index is -4.51. The van der Waals surface area contributed by atoms with Gasteiger partial charge in [0.05, 0.1) is 12.6 Å². The highest BCUT2D eigenvalue weighted by Gasteiger charge is 2.36. The van der Waals surface area contributed by atoms with E-state index in [-0.39, 0.29) is 12.6 Å². The number of hydrogen-bond acceptors (Lipinski definition) is 2. The zero-order valence-electron chi connectivity index (χ0n) is 16.6. The molecule has 0 fully saturated rings. The molecule has 8 heteroatoms. The van der Waals surface area contributed by atoms with Crippen molar-refractivity contribution >= 4 is 11.7 Å². The summed E-state index contributed by atoms with van der Waals surface area (Å²) in [4.78, 5) is 12.3. The summed E-state index contributed by atoms with van der Waals surface area (Å²) in [5.41, 5.74) is -0.309. The number of nitrogens with zero attached hydrogens (tertiary/aromatic N) is 2. The lowest BCUT2D eigenvalue weighted by atomic mass is 9.91. The lowest BCUT2D eigenvalue weighted by Gasteiger charge is -2.24. The Balaban J connectivity index is 2.19. The predicted molar refractivity (Wildman–Crippen MR) is 103 cm³/mol. The van der Waals surface area contributed by atoms with Crippen molar-refractivity contribution in [2.75, 3.05) is 5.32 Å². The van der Waals surface area contributed by atoms with Crippen LogP contribution in [0.15, 0.2) is 36.4 Å². The van der Waals surface area contributed by atoms with Gasteiger partial charge in [0.1, 0.15) is 0 Å². The topological polar surface area (TPSA) is 59.0 Å². The van der Waals surface area contributed by atoms with E-state index in [1.165, 1.54) is 4.68 Å². The van der Waals surface area contributed by atoms with Crippen LogP contribution in [0.25, 0.3) is 0 Å².